The molecule has 0 aliphatic carbocycles. The summed E-state index contributed by atoms with van der Waals surface area (Å²) in [5.74, 6) is -0.514. The van der Waals surface area contributed by atoms with Crippen LogP contribution >= 0.6 is 12.9 Å². The fraction of sp³-hybridized carbons (Fsp3) is 0. The van der Waals surface area contributed by atoms with Gasteiger partial charge in [0.2, 0.25) is 5.95 Å². The number of nitriles is 2. The van der Waals surface area contributed by atoms with Crippen LogP contribution in [-0.2, 0) is 36.0 Å². The molecule has 2 heterocycles. The minimum atomic E-state index is -4.37. The smallest absolute Gasteiger partial charge is 0.294 e. The summed E-state index contributed by atoms with van der Waals surface area (Å²) in [7, 11) is -4.37. The Kier molecular flexibility index (Phi) is 15.5. The number of rotatable bonds is 8. The maximum Gasteiger partial charge on any atom is 0.294 e. The van der Waals surface area contributed by atoms with Gasteiger partial charge in [0.05, 0.1) is 28.0 Å². The molecular weight excluding hydrogens is 801 g/mol. The van der Waals surface area contributed by atoms with Gasteiger partial charge in [-0.1, -0.05) is 24.8 Å². The number of nitrogens with zero attached hydrogens (tertiary/aromatic N) is 11. The third-order valence-corrected chi connectivity index (χ3v) is 7.55. The number of hydrogen-bond acceptors (Lipinski definition) is 15. The van der Waals surface area contributed by atoms with Crippen LogP contribution in [0.25, 0.3) is 31.2 Å². The first-order valence-corrected chi connectivity index (χ1v) is 15.5. The summed E-state index contributed by atoms with van der Waals surface area (Å²) in [6.07, 6.45) is 0. The molecule has 0 amide bonds. The van der Waals surface area contributed by atoms with Crippen molar-refractivity contribution in [3.63, 3.8) is 0 Å². The SMILES string of the molecule is N#Cc1cc(N=Nc2c(O)ccc3cc(OOOS)ccc23)[n-]c1C#N.[C-]#[N+]c1nc(N=Nc2c(O)ccc3cc(S(=O)(=O)O)ccc23)[n-]c1[N+]#[C-].[CH3-].[CH3-].[Ni]. The molecule has 6 aromatic rings. The van der Waals surface area contributed by atoms with Crippen LogP contribution in [-0.4, -0.2) is 28.2 Å². The van der Waals surface area contributed by atoms with E-state index < -0.39 is 10.1 Å². The number of fused-ring (bicyclic) bond motifs is 2. The van der Waals surface area contributed by atoms with Crippen molar-refractivity contribution in [1.82, 2.24) is 15.0 Å². The van der Waals surface area contributed by atoms with E-state index >= 15 is 0 Å². The Labute approximate surface area is 328 Å². The van der Waals surface area contributed by atoms with E-state index in [1.165, 1.54) is 36.4 Å². The molecule has 0 fully saturated rings. The van der Waals surface area contributed by atoms with E-state index in [0.29, 0.717) is 27.3 Å². The molecule has 55 heavy (non-hydrogen) atoms. The molecule has 0 spiro atoms. The Bertz CT molecular complexity index is 2640. The molecule has 4 aromatic carbocycles. The predicted molar refractivity (Wildman–Crippen MR) is 193 cm³/mol. The van der Waals surface area contributed by atoms with Crippen LogP contribution in [0.15, 0.2) is 92.1 Å². The average molecular weight is 822 g/mol. The summed E-state index contributed by atoms with van der Waals surface area (Å²) in [4.78, 5) is 22.0. The number of phenols is 2. The number of hydrogen-bond donors (Lipinski definition) is 4. The zero-order chi connectivity index (χ0) is 37.4. The molecule has 2 aromatic heterocycles. The van der Waals surface area contributed by atoms with E-state index in [9.17, 15) is 18.6 Å². The van der Waals surface area contributed by atoms with Gasteiger partial charge < -0.3 is 49.7 Å². The van der Waals surface area contributed by atoms with Crippen LogP contribution in [0.2, 0.25) is 0 Å². The molecule has 0 atom stereocenters. The van der Waals surface area contributed by atoms with Gasteiger partial charge in [-0.05, 0) is 70.2 Å². The number of aromatic nitrogens is 3. The van der Waals surface area contributed by atoms with E-state index in [4.69, 9.17) is 33.1 Å². The Morgan fingerprint density at radius 2 is 1.44 bits per heavy atom. The molecule has 0 radical (unpaired) electrons. The summed E-state index contributed by atoms with van der Waals surface area (Å²) >= 11 is 3.39. The molecule has 0 saturated heterocycles. The summed E-state index contributed by atoms with van der Waals surface area (Å²) < 4.78 is 35.6. The van der Waals surface area contributed by atoms with Gasteiger partial charge in [-0.2, -0.15) is 18.9 Å². The summed E-state index contributed by atoms with van der Waals surface area (Å²) in [5, 5.41) is 59.7. The van der Waals surface area contributed by atoms with Crippen LogP contribution < -0.4 is 14.9 Å². The number of azo groups is 2. The largest absolute Gasteiger partial charge is 0.562 e. The summed E-state index contributed by atoms with van der Waals surface area (Å²) in [5.41, 5.74) is 0.289. The van der Waals surface area contributed by atoms with Gasteiger partial charge in [0.25, 0.3) is 10.1 Å². The molecule has 0 unspecified atom stereocenters. The normalized spacial score (nSPS) is 10.5. The van der Waals surface area contributed by atoms with Crippen molar-refractivity contribution in [3.8, 4) is 29.4 Å². The van der Waals surface area contributed by atoms with Crippen molar-refractivity contribution in [2.75, 3.05) is 0 Å². The second kappa shape index (κ2) is 19.3. The van der Waals surface area contributed by atoms with E-state index in [2.05, 4.69) is 67.4 Å². The molecule has 3 N–H and O–H groups in total. The maximum atomic E-state index is 11.2. The third kappa shape index (κ3) is 10.2. The van der Waals surface area contributed by atoms with Crippen molar-refractivity contribution in [2.45, 2.75) is 4.90 Å². The second-order valence-electron chi connectivity index (χ2n) is 9.73. The standard InChI is InChI=1S/C16H8N5O4S.C15H7N6O4S.2CH3.Ni/c17-7-10-6-15(19-13(10)8-18)20-21-16-12-3-2-11(23-24-25-26)5-9(12)1-4-14(16)22;1-16-13-14(17-2)19-15(18-13)21-20-12-10-5-4-9(26(23,24)25)7-8(10)3-6-11(12)22;;;/h1-6H,(H2-,19,20,21,22,26);3-7H,(H2-,18,19,20,21,22,23,24,25);2*1H3;/q4*-1;. The van der Waals surface area contributed by atoms with Crippen molar-refractivity contribution < 1.29 is 53.9 Å². The molecule has 6 rings (SSSR count). The van der Waals surface area contributed by atoms with E-state index in [-0.39, 0.29) is 93.8 Å². The average Bonchev–Trinajstić information content (AvgIpc) is 3.75. The Balaban J connectivity index is 0.000000360. The zero-order valence-corrected chi connectivity index (χ0v) is 30.5. The Morgan fingerprint density at radius 1 is 0.818 bits per heavy atom. The molecule has 282 valence electrons. The van der Waals surface area contributed by atoms with Gasteiger partial charge in [0, 0.05) is 40.2 Å². The zero-order valence-electron chi connectivity index (χ0n) is 27.8. The van der Waals surface area contributed by atoms with Crippen LogP contribution in [0.4, 0.5) is 34.8 Å². The summed E-state index contributed by atoms with van der Waals surface area (Å²) in [6, 6.07) is 19.4. The Hall–Kier alpha value is -6.88. The van der Waals surface area contributed by atoms with E-state index in [1.54, 1.807) is 30.3 Å². The number of imidazole rings is 1. The predicted octanol–water partition coefficient (Wildman–Crippen LogP) is 8.31. The van der Waals surface area contributed by atoms with Gasteiger partial charge in [-0.25, -0.2) is 6.57 Å². The quantitative estimate of drug-likeness (QED) is 0.0165. The van der Waals surface area contributed by atoms with Crippen LogP contribution in [0.3, 0.4) is 0 Å². The van der Waals surface area contributed by atoms with Gasteiger partial charge >= 0.3 is 0 Å². The minimum absolute atomic E-state index is 0. The monoisotopic (exact) mass is 821 g/mol. The topological polar surface area (TPSA) is 269 Å². The summed E-state index contributed by atoms with van der Waals surface area (Å²) in [6.45, 7) is 13.8. The molecule has 0 aliphatic heterocycles. The van der Waals surface area contributed by atoms with Gasteiger partial charge in [-0.15, -0.1) is 14.6 Å². The third-order valence-electron chi connectivity index (χ3n) is 6.64. The van der Waals surface area contributed by atoms with Crippen LogP contribution in [0.5, 0.6) is 17.2 Å². The molecule has 19 nitrogen and oxygen atoms in total. The number of phenolic OH excluding ortho intramolecular Hbond substituents is 2. The second-order valence-corrected chi connectivity index (χ2v) is 11.3. The first-order chi connectivity index (χ1) is 25.0. The molecular formula is C33H21N11NiO8S2-4. The van der Waals surface area contributed by atoms with Crippen molar-refractivity contribution in [2.24, 2.45) is 20.5 Å². The van der Waals surface area contributed by atoms with E-state index in [1.807, 2.05) is 6.07 Å². The molecule has 0 saturated carbocycles. The molecule has 0 bridgehead atoms. The number of benzene rings is 4. The maximum absolute atomic E-state index is 11.2. The van der Waals surface area contributed by atoms with Crippen molar-refractivity contribution in [3.05, 3.63) is 116 Å². The first kappa shape index (κ1) is 44.3. The number of thiol groups is 1. The van der Waals surface area contributed by atoms with Crippen LogP contribution in [0, 0.1) is 50.7 Å². The molecule has 22 heteroatoms. The first-order valence-electron chi connectivity index (χ1n) is 13.7. The van der Waals surface area contributed by atoms with Gasteiger partial charge in [0.15, 0.2) is 5.75 Å². The van der Waals surface area contributed by atoms with Gasteiger partial charge in [0.1, 0.15) is 34.8 Å². The fourth-order valence-electron chi connectivity index (χ4n) is 4.37. The fourth-order valence-corrected chi connectivity index (χ4v) is 4.91. The van der Waals surface area contributed by atoms with E-state index in [0.717, 1.165) is 6.07 Å². The number of aromatic hydroxyl groups is 2. The van der Waals surface area contributed by atoms with Crippen LogP contribution in [0.1, 0.15) is 11.3 Å². The van der Waals surface area contributed by atoms with Crippen molar-refractivity contribution in [1.29, 1.82) is 10.5 Å². The van der Waals surface area contributed by atoms with Crippen molar-refractivity contribution >= 4 is 79.3 Å². The minimum Gasteiger partial charge on any atom is -0.562 e. The molecule has 0 aliphatic rings. The van der Waals surface area contributed by atoms with Gasteiger partial charge in [-0.3, -0.25) is 19.6 Å². The Morgan fingerprint density at radius 3 is 1.96 bits per heavy atom.